The van der Waals surface area contributed by atoms with Crippen LogP contribution in [0.3, 0.4) is 0 Å². The molecule has 5 heteroatoms. The lowest BCUT2D eigenvalue weighted by molar-refractivity contribution is 0.0881. The van der Waals surface area contributed by atoms with Gasteiger partial charge in [0.1, 0.15) is 17.8 Å². The second-order valence-corrected chi connectivity index (χ2v) is 16.8. The van der Waals surface area contributed by atoms with Crippen molar-refractivity contribution in [3.63, 3.8) is 0 Å². The van der Waals surface area contributed by atoms with E-state index in [1.807, 2.05) is 37.3 Å². The van der Waals surface area contributed by atoms with E-state index in [-0.39, 0.29) is 0 Å². The number of hydrogen-bond donors (Lipinski definition) is 2. The predicted molar refractivity (Wildman–Crippen MR) is 217 cm³/mol. The van der Waals surface area contributed by atoms with Crippen LogP contribution in [0.25, 0.3) is 21.5 Å². The third kappa shape index (κ3) is 12.4. The van der Waals surface area contributed by atoms with E-state index >= 15 is 0 Å². The predicted octanol–water partition coefficient (Wildman–Crippen LogP) is 11.5. The SMILES string of the molecule is CC(C)(C)C1CCC(Oc2ccc3cc(C=O)ccc3c2)CC1.CCN.CCNCc1ccc2cc(OC3CCC(C(C)(C)C)CC3)ccc2c1. The van der Waals surface area contributed by atoms with Crippen molar-refractivity contribution in [2.45, 2.75) is 126 Å². The van der Waals surface area contributed by atoms with Gasteiger partial charge in [-0.05, 0) is 151 Å². The highest BCUT2D eigenvalue weighted by molar-refractivity contribution is 5.89. The minimum atomic E-state index is 0.334. The molecule has 4 aromatic rings. The molecule has 5 nitrogen and oxygen atoms in total. The molecule has 0 aromatic heterocycles. The van der Waals surface area contributed by atoms with Gasteiger partial charge in [0.25, 0.3) is 0 Å². The number of nitrogens with one attached hydrogen (secondary N) is 1. The topological polar surface area (TPSA) is 73.6 Å². The highest BCUT2D eigenvalue weighted by Gasteiger charge is 2.31. The Bertz CT molecular complexity index is 1650. The summed E-state index contributed by atoms with van der Waals surface area (Å²) in [5.41, 5.74) is 7.73. The van der Waals surface area contributed by atoms with E-state index in [1.54, 1.807) is 0 Å². The number of fused-ring (bicyclic) bond motifs is 2. The molecule has 0 saturated heterocycles. The summed E-state index contributed by atoms with van der Waals surface area (Å²) in [6.45, 7) is 20.9. The summed E-state index contributed by atoms with van der Waals surface area (Å²) in [5, 5.41) is 8.14. The van der Waals surface area contributed by atoms with Crippen LogP contribution in [0.4, 0.5) is 0 Å². The first-order valence-electron chi connectivity index (χ1n) is 19.6. The number of hydrogen-bond acceptors (Lipinski definition) is 5. The first-order valence-corrected chi connectivity index (χ1v) is 19.6. The minimum Gasteiger partial charge on any atom is -0.490 e. The van der Waals surface area contributed by atoms with Crippen molar-refractivity contribution < 1.29 is 14.3 Å². The first-order chi connectivity index (χ1) is 24.3. The van der Waals surface area contributed by atoms with Crippen molar-refractivity contribution in [2.75, 3.05) is 13.1 Å². The molecule has 0 spiro atoms. The van der Waals surface area contributed by atoms with Crippen LogP contribution in [0.15, 0.2) is 72.8 Å². The van der Waals surface area contributed by atoms with E-state index in [2.05, 4.69) is 96.2 Å². The van der Waals surface area contributed by atoms with Gasteiger partial charge in [-0.25, -0.2) is 0 Å². The van der Waals surface area contributed by atoms with E-state index in [9.17, 15) is 4.79 Å². The molecule has 0 bridgehead atoms. The van der Waals surface area contributed by atoms with Gasteiger partial charge in [-0.3, -0.25) is 4.79 Å². The molecule has 278 valence electrons. The van der Waals surface area contributed by atoms with Crippen LogP contribution in [0.1, 0.15) is 123 Å². The summed E-state index contributed by atoms with van der Waals surface area (Å²) in [4.78, 5) is 10.9. The summed E-state index contributed by atoms with van der Waals surface area (Å²) in [6, 6.07) is 25.1. The monoisotopic (exact) mass is 695 g/mol. The lowest BCUT2D eigenvalue weighted by Crippen LogP contribution is -2.30. The molecule has 6 rings (SSSR count). The van der Waals surface area contributed by atoms with E-state index in [0.717, 1.165) is 72.9 Å². The fraction of sp³-hybridized carbons (Fsp3) is 0.543. The number of carbonyl (C=O) groups is 1. The fourth-order valence-electron chi connectivity index (χ4n) is 7.59. The van der Waals surface area contributed by atoms with Gasteiger partial charge in [0, 0.05) is 12.1 Å². The van der Waals surface area contributed by atoms with Gasteiger partial charge in [0.15, 0.2) is 0 Å². The Labute approximate surface area is 309 Å². The molecule has 2 fully saturated rings. The number of nitrogens with two attached hydrogens (primary N) is 1. The first kappa shape index (κ1) is 40.4. The van der Waals surface area contributed by atoms with Gasteiger partial charge in [-0.1, -0.05) is 91.8 Å². The zero-order valence-corrected chi connectivity index (χ0v) is 32.9. The van der Waals surface area contributed by atoms with Crippen molar-refractivity contribution >= 4 is 27.8 Å². The lowest BCUT2D eigenvalue weighted by Gasteiger charge is -2.37. The van der Waals surface area contributed by atoms with Crippen molar-refractivity contribution in [3.05, 3.63) is 83.9 Å². The van der Waals surface area contributed by atoms with Gasteiger partial charge in [-0.15, -0.1) is 0 Å². The molecule has 0 amide bonds. The third-order valence-electron chi connectivity index (χ3n) is 10.8. The maximum Gasteiger partial charge on any atom is 0.150 e. The molecule has 2 saturated carbocycles. The fourth-order valence-corrected chi connectivity index (χ4v) is 7.59. The van der Waals surface area contributed by atoms with Gasteiger partial charge in [-0.2, -0.15) is 0 Å². The Morgan fingerprint density at radius 1 is 0.627 bits per heavy atom. The van der Waals surface area contributed by atoms with Crippen LogP contribution < -0.4 is 20.5 Å². The average Bonchev–Trinajstić information content (AvgIpc) is 3.11. The van der Waals surface area contributed by atoms with E-state index in [1.165, 1.54) is 54.9 Å². The second kappa shape index (κ2) is 18.9. The van der Waals surface area contributed by atoms with Crippen LogP contribution in [-0.4, -0.2) is 31.6 Å². The van der Waals surface area contributed by atoms with E-state index < -0.39 is 0 Å². The summed E-state index contributed by atoms with van der Waals surface area (Å²) < 4.78 is 12.5. The molecule has 0 heterocycles. The van der Waals surface area contributed by atoms with Crippen LogP contribution in [0, 0.1) is 22.7 Å². The van der Waals surface area contributed by atoms with Crippen LogP contribution >= 0.6 is 0 Å². The number of ether oxygens (including phenoxy) is 2. The Kier molecular flexibility index (Phi) is 15.0. The minimum absolute atomic E-state index is 0.334. The van der Waals surface area contributed by atoms with E-state index in [0.29, 0.717) is 28.6 Å². The quantitative estimate of drug-likeness (QED) is 0.180. The molecule has 3 N–H and O–H groups in total. The third-order valence-corrected chi connectivity index (χ3v) is 10.8. The number of carbonyl (C=O) groups excluding carboxylic acids is 1. The summed E-state index contributed by atoms with van der Waals surface area (Å²) in [6.07, 6.45) is 11.3. The smallest absolute Gasteiger partial charge is 0.150 e. The summed E-state index contributed by atoms with van der Waals surface area (Å²) >= 11 is 0. The van der Waals surface area contributed by atoms with Crippen LogP contribution in [-0.2, 0) is 6.54 Å². The maximum atomic E-state index is 10.9. The average molecular weight is 695 g/mol. The summed E-state index contributed by atoms with van der Waals surface area (Å²) in [7, 11) is 0. The van der Waals surface area contributed by atoms with Gasteiger partial charge < -0.3 is 20.5 Å². The molecule has 51 heavy (non-hydrogen) atoms. The Balaban J connectivity index is 0.000000213. The molecule has 0 radical (unpaired) electrons. The van der Waals surface area contributed by atoms with Crippen molar-refractivity contribution in [2.24, 2.45) is 28.4 Å². The van der Waals surface area contributed by atoms with Crippen molar-refractivity contribution in [3.8, 4) is 11.5 Å². The van der Waals surface area contributed by atoms with Gasteiger partial charge in [0.2, 0.25) is 0 Å². The molecular weight excluding hydrogens is 629 g/mol. The maximum absolute atomic E-state index is 10.9. The normalized spacial score (nSPS) is 20.8. The molecule has 2 aliphatic rings. The van der Waals surface area contributed by atoms with Gasteiger partial charge >= 0.3 is 0 Å². The van der Waals surface area contributed by atoms with Crippen molar-refractivity contribution in [1.82, 2.24) is 5.32 Å². The highest BCUT2D eigenvalue weighted by Crippen LogP contribution is 2.40. The number of rotatable bonds is 8. The Hall–Kier alpha value is -3.41. The van der Waals surface area contributed by atoms with Gasteiger partial charge in [0.05, 0.1) is 12.2 Å². The largest absolute Gasteiger partial charge is 0.490 e. The van der Waals surface area contributed by atoms with E-state index in [4.69, 9.17) is 15.2 Å². The summed E-state index contributed by atoms with van der Waals surface area (Å²) in [5.74, 6) is 3.60. The zero-order valence-electron chi connectivity index (χ0n) is 32.9. The molecule has 0 unspecified atom stereocenters. The van der Waals surface area contributed by atoms with Crippen molar-refractivity contribution in [1.29, 1.82) is 0 Å². The molecule has 0 atom stereocenters. The molecule has 4 aromatic carbocycles. The molecule has 0 aliphatic heterocycles. The Morgan fingerprint density at radius 2 is 1.04 bits per heavy atom. The van der Waals surface area contributed by atoms with Crippen LogP contribution in [0.5, 0.6) is 11.5 Å². The standard InChI is InChI=1S/C23H33NO.C21H26O2.C2H7N/c1-5-24-16-17-6-7-19-15-22(11-8-18(19)14-17)25-21-12-9-20(10-13-21)23(2,3)4;1-21(2,3)18-7-10-19(11-8-18)23-20-9-6-16-12-15(14-22)4-5-17(16)13-20;1-2-3/h6-8,11,14-15,20-21,24H,5,9-10,12-13,16H2,1-4H3;4-6,9,12-14,18-19H,7-8,10-11H2,1-3H3;2-3H2,1H3. The number of benzene rings is 4. The Morgan fingerprint density at radius 3 is 1.47 bits per heavy atom. The molecule has 2 aliphatic carbocycles. The zero-order chi connectivity index (χ0) is 37.0. The highest BCUT2D eigenvalue weighted by atomic mass is 16.5. The second-order valence-electron chi connectivity index (χ2n) is 16.8. The van der Waals surface area contributed by atoms with Crippen LogP contribution in [0.2, 0.25) is 0 Å². The lowest BCUT2D eigenvalue weighted by atomic mass is 9.72. The molecular formula is C46H66N2O3. The number of aldehydes is 1.